The van der Waals surface area contributed by atoms with E-state index in [-0.39, 0.29) is 5.41 Å². The van der Waals surface area contributed by atoms with Crippen LogP contribution in [0.2, 0.25) is 0 Å². The monoisotopic (exact) mass is 624 g/mol. The van der Waals surface area contributed by atoms with Gasteiger partial charge in [-0.3, -0.25) is 9.47 Å². The maximum Gasteiger partial charge on any atom is 0.207 e. The first-order chi connectivity index (χ1) is 23.4. The summed E-state index contributed by atoms with van der Waals surface area (Å²) in [5, 5.41) is 2.18. The van der Waals surface area contributed by atoms with Crippen molar-refractivity contribution in [3.05, 3.63) is 162 Å². The van der Waals surface area contributed by atoms with Gasteiger partial charge in [-0.05, 0) is 65.9 Å². The number of hydrogen-bond donors (Lipinski definition) is 1. The second-order valence-electron chi connectivity index (χ2n) is 12.8. The van der Waals surface area contributed by atoms with Crippen LogP contribution in [-0.2, 0) is 5.41 Å². The molecule has 0 saturated heterocycles. The molecule has 2 aliphatic rings. The van der Waals surface area contributed by atoms with E-state index >= 15 is 0 Å². The average Bonchev–Trinajstić information content (AvgIpc) is 3.45. The molecule has 8 rings (SSSR count). The molecule has 48 heavy (non-hydrogen) atoms. The molecule has 0 radical (unpaired) electrons. The standard InChI is InChI=1S/C42H36N6/c1-28(29-16-6-4-7-17-29)45-40(30-18-8-5-9-19-30)46-41(43)48-35-22-12-10-20-31(35)32-26-38-34(27-37(32)48)42(2,3)33-21-11-13-23-36(33)47(38)39-24-14-15-25-44-39/h4,6-8,10-27H,1,5,9H2,2-3H3,(H2,43,45,46). The van der Waals surface area contributed by atoms with E-state index in [9.17, 15) is 0 Å². The van der Waals surface area contributed by atoms with Crippen LogP contribution in [0, 0.1) is 0 Å². The van der Waals surface area contributed by atoms with Gasteiger partial charge in [-0.1, -0.05) is 111 Å². The molecule has 0 amide bonds. The molecule has 0 atom stereocenters. The zero-order valence-corrected chi connectivity index (χ0v) is 27.1. The van der Waals surface area contributed by atoms with Crippen molar-refractivity contribution in [3.63, 3.8) is 0 Å². The van der Waals surface area contributed by atoms with Crippen LogP contribution in [0.15, 0.2) is 156 Å². The normalized spacial score (nSPS) is 15.7. The van der Waals surface area contributed by atoms with Crippen molar-refractivity contribution >= 4 is 56.5 Å². The van der Waals surface area contributed by atoms with Crippen LogP contribution in [0.5, 0.6) is 0 Å². The molecule has 1 aliphatic heterocycles. The second-order valence-corrected chi connectivity index (χ2v) is 12.8. The Morgan fingerprint density at radius 3 is 2.33 bits per heavy atom. The average molecular weight is 625 g/mol. The smallest absolute Gasteiger partial charge is 0.207 e. The summed E-state index contributed by atoms with van der Waals surface area (Å²) in [5.74, 6) is 1.76. The summed E-state index contributed by atoms with van der Waals surface area (Å²) in [6.07, 6.45) is 10.2. The van der Waals surface area contributed by atoms with Crippen LogP contribution in [0.3, 0.4) is 0 Å². The Morgan fingerprint density at radius 2 is 1.54 bits per heavy atom. The van der Waals surface area contributed by atoms with Crippen molar-refractivity contribution in [2.45, 2.75) is 32.1 Å². The molecule has 6 aromatic rings. The van der Waals surface area contributed by atoms with Crippen LogP contribution in [0.25, 0.3) is 27.5 Å². The van der Waals surface area contributed by atoms with Crippen LogP contribution in [-0.4, -0.2) is 21.3 Å². The lowest BCUT2D eigenvalue weighted by Crippen LogP contribution is -2.31. The lowest BCUT2D eigenvalue weighted by atomic mass is 9.73. The van der Waals surface area contributed by atoms with Gasteiger partial charge in [0.2, 0.25) is 5.96 Å². The highest BCUT2D eigenvalue weighted by atomic mass is 15.2. The molecular weight excluding hydrogens is 589 g/mol. The lowest BCUT2D eigenvalue weighted by molar-refractivity contribution is 0.632. The summed E-state index contributed by atoms with van der Waals surface area (Å²) in [6, 6.07) is 37.6. The minimum absolute atomic E-state index is 0.295. The van der Waals surface area contributed by atoms with E-state index < -0.39 is 0 Å². The van der Waals surface area contributed by atoms with E-state index in [1.165, 1.54) is 11.1 Å². The summed E-state index contributed by atoms with van der Waals surface area (Å²) in [5.41, 5.74) is 15.9. The quantitative estimate of drug-likeness (QED) is 0.157. The Balaban J connectivity index is 1.37. The number of fused-ring (bicyclic) bond motifs is 5. The molecule has 0 spiro atoms. The van der Waals surface area contributed by atoms with Crippen LogP contribution in [0.4, 0.5) is 17.2 Å². The number of nitrogens with zero attached hydrogens (tertiary/aromatic N) is 5. The number of para-hydroxylation sites is 2. The summed E-state index contributed by atoms with van der Waals surface area (Å²) < 4.78 is 2.07. The van der Waals surface area contributed by atoms with Crippen molar-refractivity contribution < 1.29 is 0 Å². The molecule has 0 saturated carbocycles. The zero-order chi connectivity index (χ0) is 32.8. The molecule has 6 heteroatoms. The Labute approximate surface area is 280 Å². The molecule has 0 fully saturated rings. The van der Waals surface area contributed by atoms with Crippen LogP contribution < -0.4 is 10.6 Å². The first kappa shape index (κ1) is 29.4. The second kappa shape index (κ2) is 11.7. The topological polar surface area (TPSA) is 71.8 Å². The van der Waals surface area contributed by atoms with E-state index in [1.54, 1.807) is 0 Å². The van der Waals surface area contributed by atoms with Gasteiger partial charge in [0.15, 0.2) is 5.84 Å². The fourth-order valence-electron chi connectivity index (χ4n) is 7.06. The van der Waals surface area contributed by atoms with Gasteiger partial charge >= 0.3 is 0 Å². The number of nitrogens with two attached hydrogens (primary N) is 1. The highest BCUT2D eigenvalue weighted by Crippen LogP contribution is 2.53. The van der Waals surface area contributed by atoms with Gasteiger partial charge in [-0.2, -0.15) is 4.99 Å². The van der Waals surface area contributed by atoms with Gasteiger partial charge < -0.3 is 5.73 Å². The summed E-state index contributed by atoms with van der Waals surface area (Å²) in [7, 11) is 0. The van der Waals surface area contributed by atoms with E-state index in [0.717, 1.165) is 63.0 Å². The summed E-state index contributed by atoms with van der Waals surface area (Å²) in [4.78, 5) is 17.1. The van der Waals surface area contributed by atoms with Crippen molar-refractivity contribution in [1.82, 2.24) is 9.55 Å². The van der Waals surface area contributed by atoms with Crippen molar-refractivity contribution in [2.75, 3.05) is 4.90 Å². The molecule has 234 valence electrons. The van der Waals surface area contributed by atoms with Crippen molar-refractivity contribution in [3.8, 4) is 0 Å². The number of pyridine rings is 1. The third kappa shape index (κ3) is 4.85. The van der Waals surface area contributed by atoms with E-state index in [1.807, 2.05) is 54.7 Å². The Kier molecular flexibility index (Phi) is 7.14. The first-order valence-electron chi connectivity index (χ1n) is 16.3. The number of allylic oxidation sites excluding steroid dienone is 2. The predicted molar refractivity (Wildman–Crippen MR) is 200 cm³/mol. The Hall–Kier alpha value is -6.01. The van der Waals surface area contributed by atoms with Gasteiger partial charge in [0.1, 0.15) is 5.82 Å². The summed E-state index contributed by atoms with van der Waals surface area (Å²) in [6.45, 7) is 8.86. The lowest BCUT2D eigenvalue weighted by Gasteiger charge is -2.41. The van der Waals surface area contributed by atoms with Gasteiger partial charge in [0.05, 0.1) is 28.1 Å². The maximum absolute atomic E-state index is 7.06. The van der Waals surface area contributed by atoms with Gasteiger partial charge in [-0.25, -0.2) is 9.98 Å². The van der Waals surface area contributed by atoms with E-state index in [4.69, 9.17) is 20.7 Å². The number of aromatic nitrogens is 2. The minimum atomic E-state index is -0.295. The third-order valence-corrected chi connectivity index (χ3v) is 9.45. The van der Waals surface area contributed by atoms with Crippen LogP contribution >= 0.6 is 0 Å². The van der Waals surface area contributed by atoms with Gasteiger partial charge in [0, 0.05) is 28.0 Å². The SMILES string of the molecule is C=C(/N=C(\N=C(/N)n1c2ccccc2c2cc3c(cc21)C(C)(C)c1ccccc1N3c1ccccn1)C1=CCCC=C1)c1ccccc1. The third-order valence-electron chi connectivity index (χ3n) is 9.45. The largest absolute Gasteiger partial charge is 0.369 e. The number of aliphatic imine (C=N–C) groups is 2. The molecule has 1 aliphatic carbocycles. The first-order valence-corrected chi connectivity index (χ1v) is 16.3. The predicted octanol–water partition coefficient (Wildman–Crippen LogP) is 9.81. The fraction of sp³-hybridized carbons (Fsp3) is 0.119. The molecule has 2 aromatic heterocycles. The molecule has 2 N–H and O–H groups in total. The number of benzene rings is 4. The zero-order valence-electron chi connectivity index (χ0n) is 27.1. The molecule has 4 aromatic carbocycles. The van der Waals surface area contributed by atoms with Crippen LogP contribution in [0.1, 0.15) is 43.4 Å². The fourth-order valence-corrected chi connectivity index (χ4v) is 7.06. The number of amidine groups is 1. The number of hydrogen-bond acceptors (Lipinski definition) is 3. The van der Waals surface area contributed by atoms with Crippen molar-refractivity contribution in [2.24, 2.45) is 15.7 Å². The Bertz CT molecular complexity index is 2340. The molecule has 0 unspecified atom stereocenters. The number of rotatable bonds is 4. The molecule has 3 heterocycles. The summed E-state index contributed by atoms with van der Waals surface area (Å²) >= 11 is 0. The minimum Gasteiger partial charge on any atom is -0.369 e. The highest BCUT2D eigenvalue weighted by Gasteiger charge is 2.38. The molecular formula is C42H36N6. The van der Waals surface area contributed by atoms with E-state index in [0.29, 0.717) is 17.5 Å². The molecule has 6 nitrogen and oxygen atoms in total. The maximum atomic E-state index is 7.06. The van der Waals surface area contributed by atoms with Gasteiger partial charge in [0.25, 0.3) is 0 Å². The van der Waals surface area contributed by atoms with Gasteiger partial charge in [-0.15, -0.1) is 0 Å². The number of anilines is 3. The van der Waals surface area contributed by atoms with Crippen molar-refractivity contribution in [1.29, 1.82) is 0 Å². The Morgan fingerprint density at radius 1 is 0.771 bits per heavy atom. The van der Waals surface area contributed by atoms with E-state index in [2.05, 4.69) is 109 Å². The highest BCUT2D eigenvalue weighted by molar-refractivity contribution is 6.18. The molecule has 0 bridgehead atoms.